The Morgan fingerprint density at radius 2 is 2.05 bits per heavy atom. The van der Waals surface area contributed by atoms with Gasteiger partial charge in [0.15, 0.2) is 5.16 Å². The molecule has 0 atom stereocenters. The van der Waals surface area contributed by atoms with Crippen molar-refractivity contribution in [1.29, 1.82) is 0 Å². The molecule has 0 amide bonds. The van der Waals surface area contributed by atoms with E-state index in [1.54, 1.807) is 18.9 Å². The summed E-state index contributed by atoms with van der Waals surface area (Å²) in [7, 11) is 1.73. The van der Waals surface area contributed by atoms with Crippen LogP contribution >= 0.6 is 11.8 Å². The summed E-state index contributed by atoms with van der Waals surface area (Å²) in [6.07, 6.45) is 0. The van der Waals surface area contributed by atoms with Crippen LogP contribution in [0.3, 0.4) is 0 Å². The summed E-state index contributed by atoms with van der Waals surface area (Å²) in [6.45, 7) is 7.89. The van der Waals surface area contributed by atoms with E-state index in [4.69, 9.17) is 4.74 Å². The average Bonchev–Trinajstić information content (AvgIpc) is 2.70. The third kappa shape index (κ3) is 3.64. The number of hydrogen-bond donors (Lipinski definition) is 0. The number of imidazole rings is 1. The second-order valence-electron chi connectivity index (χ2n) is 4.99. The fourth-order valence-corrected chi connectivity index (χ4v) is 3.19. The van der Waals surface area contributed by atoms with Crippen LogP contribution in [0.25, 0.3) is 0 Å². The molecule has 3 nitrogen and oxygen atoms in total. The van der Waals surface area contributed by atoms with Crippen molar-refractivity contribution in [1.82, 2.24) is 9.55 Å². The second-order valence-corrected chi connectivity index (χ2v) is 5.93. The number of rotatable bonds is 6. The standard InChI is InChI=1S/C16H22N2OS/c1-12-6-5-7-15(10-12)11-20-16-17-13(2)14(3)18(16)8-9-19-4/h5-7,10H,8-9,11H2,1-4H3. The van der Waals surface area contributed by atoms with E-state index in [1.165, 1.54) is 16.8 Å². The van der Waals surface area contributed by atoms with Crippen molar-refractivity contribution in [2.24, 2.45) is 0 Å². The summed E-state index contributed by atoms with van der Waals surface area (Å²) in [4.78, 5) is 4.67. The molecule has 0 aliphatic carbocycles. The Hall–Kier alpha value is -1.26. The van der Waals surface area contributed by atoms with Crippen LogP contribution in [-0.4, -0.2) is 23.3 Å². The summed E-state index contributed by atoms with van der Waals surface area (Å²) < 4.78 is 7.43. The first-order chi connectivity index (χ1) is 9.61. The van der Waals surface area contributed by atoms with Crippen LogP contribution < -0.4 is 0 Å². The van der Waals surface area contributed by atoms with Crippen molar-refractivity contribution in [3.63, 3.8) is 0 Å². The molecular weight excluding hydrogens is 268 g/mol. The molecule has 0 aliphatic rings. The maximum atomic E-state index is 5.19. The number of thioether (sulfide) groups is 1. The van der Waals surface area contributed by atoms with Gasteiger partial charge < -0.3 is 9.30 Å². The maximum Gasteiger partial charge on any atom is 0.168 e. The van der Waals surface area contributed by atoms with E-state index in [1.807, 2.05) is 0 Å². The minimum atomic E-state index is 0.717. The highest BCUT2D eigenvalue weighted by molar-refractivity contribution is 7.98. The molecule has 0 fully saturated rings. The molecule has 0 unspecified atom stereocenters. The number of aryl methyl sites for hydroxylation is 2. The van der Waals surface area contributed by atoms with Crippen molar-refractivity contribution >= 4 is 11.8 Å². The van der Waals surface area contributed by atoms with Crippen LogP contribution in [0.5, 0.6) is 0 Å². The molecule has 0 spiro atoms. The lowest BCUT2D eigenvalue weighted by Crippen LogP contribution is -2.07. The number of benzene rings is 1. The fourth-order valence-electron chi connectivity index (χ4n) is 2.13. The molecule has 2 rings (SSSR count). The molecule has 0 saturated heterocycles. The molecule has 1 aromatic carbocycles. The normalized spacial score (nSPS) is 11.0. The Morgan fingerprint density at radius 1 is 1.25 bits per heavy atom. The molecule has 20 heavy (non-hydrogen) atoms. The Balaban J connectivity index is 2.10. The van der Waals surface area contributed by atoms with Crippen LogP contribution in [0, 0.1) is 20.8 Å². The Labute approximate surface area is 125 Å². The van der Waals surface area contributed by atoms with E-state index in [0.717, 1.165) is 23.1 Å². The summed E-state index contributed by atoms with van der Waals surface area (Å²) in [5.41, 5.74) is 4.98. The van der Waals surface area contributed by atoms with Crippen molar-refractivity contribution in [3.05, 3.63) is 46.8 Å². The quantitative estimate of drug-likeness (QED) is 0.758. The highest BCUT2D eigenvalue weighted by atomic mass is 32.2. The highest BCUT2D eigenvalue weighted by Crippen LogP contribution is 2.25. The van der Waals surface area contributed by atoms with E-state index >= 15 is 0 Å². The number of ether oxygens (including phenoxy) is 1. The Morgan fingerprint density at radius 3 is 2.75 bits per heavy atom. The largest absolute Gasteiger partial charge is 0.383 e. The molecular formula is C16H22N2OS. The predicted octanol–water partition coefficient (Wildman–Crippen LogP) is 3.75. The van der Waals surface area contributed by atoms with Gasteiger partial charge in [-0.25, -0.2) is 4.98 Å². The van der Waals surface area contributed by atoms with Crippen LogP contribution in [0.4, 0.5) is 0 Å². The van der Waals surface area contributed by atoms with Gasteiger partial charge in [0.2, 0.25) is 0 Å². The van der Waals surface area contributed by atoms with Gasteiger partial charge in [-0.2, -0.15) is 0 Å². The van der Waals surface area contributed by atoms with Crippen molar-refractivity contribution < 1.29 is 4.74 Å². The van der Waals surface area contributed by atoms with Gasteiger partial charge in [-0.15, -0.1) is 0 Å². The zero-order valence-electron chi connectivity index (χ0n) is 12.6. The van der Waals surface area contributed by atoms with Gasteiger partial charge in [0.1, 0.15) is 0 Å². The molecule has 0 N–H and O–H groups in total. The molecule has 0 aliphatic heterocycles. The van der Waals surface area contributed by atoms with E-state index in [2.05, 4.69) is 54.6 Å². The molecule has 4 heteroatoms. The molecule has 0 saturated carbocycles. The minimum Gasteiger partial charge on any atom is -0.383 e. The number of aromatic nitrogens is 2. The van der Waals surface area contributed by atoms with Crippen molar-refractivity contribution in [2.45, 2.75) is 38.2 Å². The number of hydrogen-bond acceptors (Lipinski definition) is 3. The predicted molar refractivity (Wildman–Crippen MR) is 84.3 cm³/mol. The molecule has 1 aromatic heterocycles. The zero-order valence-corrected chi connectivity index (χ0v) is 13.5. The minimum absolute atomic E-state index is 0.717. The Bertz CT molecular complexity index is 578. The lowest BCUT2D eigenvalue weighted by molar-refractivity contribution is 0.184. The first-order valence-corrected chi connectivity index (χ1v) is 7.81. The van der Waals surface area contributed by atoms with Gasteiger partial charge in [0, 0.05) is 25.1 Å². The second kappa shape index (κ2) is 6.95. The van der Waals surface area contributed by atoms with E-state index in [0.29, 0.717) is 6.61 Å². The smallest absolute Gasteiger partial charge is 0.168 e. The van der Waals surface area contributed by atoms with Crippen LogP contribution in [0.2, 0.25) is 0 Å². The van der Waals surface area contributed by atoms with E-state index in [9.17, 15) is 0 Å². The summed E-state index contributed by atoms with van der Waals surface area (Å²) in [5, 5.41) is 1.08. The first-order valence-electron chi connectivity index (χ1n) is 6.83. The fraction of sp³-hybridized carbons (Fsp3) is 0.438. The first kappa shape index (κ1) is 15.1. The van der Waals surface area contributed by atoms with Crippen molar-refractivity contribution in [2.75, 3.05) is 13.7 Å². The SMILES string of the molecule is COCCn1c(SCc2cccc(C)c2)nc(C)c1C. The molecule has 108 valence electrons. The summed E-state index contributed by atoms with van der Waals surface area (Å²) in [5.74, 6) is 0.949. The third-order valence-electron chi connectivity index (χ3n) is 3.39. The molecule has 0 bridgehead atoms. The third-order valence-corrected chi connectivity index (χ3v) is 4.44. The van der Waals surface area contributed by atoms with E-state index < -0.39 is 0 Å². The molecule has 1 heterocycles. The lowest BCUT2D eigenvalue weighted by atomic mass is 10.2. The van der Waals surface area contributed by atoms with E-state index in [-0.39, 0.29) is 0 Å². The topological polar surface area (TPSA) is 27.1 Å². The summed E-state index contributed by atoms with van der Waals surface area (Å²) >= 11 is 1.79. The van der Waals surface area contributed by atoms with Crippen LogP contribution in [-0.2, 0) is 17.0 Å². The molecule has 2 aromatic rings. The van der Waals surface area contributed by atoms with Gasteiger partial charge in [-0.05, 0) is 26.3 Å². The van der Waals surface area contributed by atoms with Gasteiger partial charge in [0.05, 0.1) is 12.3 Å². The van der Waals surface area contributed by atoms with Crippen molar-refractivity contribution in [3.8, 4) is 0 Å². The monoisotopic (exact) mass is 290 g/mol. The zero-order chi connectivity index (χ0) is 14.5. The summed E-state index contributed by atoms with van der Waals surface area (Å²) in [6, 6.07) is 8.64. The number of nitrogens with zero attached hydrogens (tertiary/aromatic N) is 2. The lowest BCUT2D eigenvalue weighted by Gasteiger charge is -2.09. The highest BCUT2D eigenvalue weighted by Gasteiger charge is 2.11. The Kier molecular flexibility index (Phi) is 5.26. The van der Waals surface area contributed by atoms with Crippen LogP contribution in [0.1, 0.15) is 22.5 Å². The van der Waals surface area contributed by atoms with Gasteiger partial charge in [-0.3, -0.25) is 0 Å². The maximum absolute atomic E-state index is 5.19. The van der Waals surface area contributed by atoms with Crippen LogP contribution in [0.15, 0.2) is 29.4 Å². The number of methoxy groups -OCH3 is 1. The van der Waals surface area contributed by atoms with Gasteiger partial charge in [-0.1, -0.05) is 41.6 Å². The van der Waals surface area contributed by atoms with Gasteiger partial charge in [0.25, 0.3) is 0 Å². The molecule has 0 radical (unpaired) electrons. The van der Waals surface area contributed by atoms with Gasteiger partial charge >= 0.3 is 0 Å². The average molecular weight is 290 g/mol.